The van der Waals surface area contributed by atoms with Crippen molar-refractivity contribution in [3.63, 3.8) is 0 Å². The van der Waals surface area contributed by atoms with Gasteiger partial charge in [-0.25, -0.2) is 4.98 Å². The molecule has 0 atom stereocenters. The SMILES string of the molecule is COc1ncc(CN2CCc3[nH]nc(C4CCCC4)c3C2)c(OC)n1. The summed E-state index contributed by atoms with van der Waals surface area (Å²) in [5, 5.41) is 7.94. The smallest absolute Gasteiger partial charge is 0.319 e. The number of nitrogens with zero attached hydrogens (tertiary/aromatic N) is 4. The highest BCUT2D eigenvalue weighted by Gasteiger charge is 2.28. The van der Waals surface area contributed by atoms with E-state index in [9.17, 15) is 0 Å². The van der Waals surface area contributed by atoms with Crippen molar-refractivity contribution in [3.8, 4) is 11.9 Å². The van der Waals surface area contributed by atoms with Gasteiger partial charge in [0.1, 0.15) is 0 Å². The molecule has 0 bridgehead atoms. The zero-order chi connectivity index (χ0) is 17.2. The van der Waals surface area contributed by atoms with Crippen LogP contribution in [0.4, 0.5) is 0 Å². The van der Waals surface area contributed by atoms with Crippen molar-refractivity contribution in [2.75, 3.05) is 20.8 Å². The number of H-pyrrole nitrogens is 1. The van der Waals surface area contributed by atoms with E-state index >= 15 is 0 Å². The Morgan fingerprint density at radius 2 is 2.08 bits per heavy atom. The molecule has 2 aliphatic rings. The summed E-state index contributed by atoms with van der Waals surface area (Å²) < 4.78 is 10.5. The molecule has 134 valence electrons. The first-order valence-electron chi connectivity index (χ1n) is 9.00. The summed E-state index contributed by atoms with van der Waals surface area (Å²) in [6, 6.07) is 0.333. The number of aromatic nitrogens is 4. The molecule has 1 saturated carbocycles. The first-order valence-corrected chi connectivity index (χ1v) is 9.00. The van der Waals surface area contributed by atoms with Gasteiger partial charge in [-0.1, -0.05) is 12.8 Å². The van der Waals surface area contributed by atoms with Gasteiger partial charge >= 0.3 is 6.01 Å². The maximum absolute atomic E-state index is 5.41. The Balaban J connectivity index is 1.52. The quantitative estimate of drug-likeness (QED) is 0.898. The molecule has 0 radical (unpaired) electrons. The maximum Gasteiger partial charge on any atom is 0.319 e. The molecular formula is C18H25N5O2. The van der Waals surface area contributed by atoms with Crippen LogP contribution in [-0.2, 0) is 19.5 Å². The summed E-state index contributed by atoms with van der Waals surface area (Å²) in [5.41, 5.74) is 5.01. The topological polar surface area (TPSA) is 76.2 Å². The van der Waals surface area contributed by atoms with Gasteiger partial charge in [-0.05, 0) is 12.8 Å². The molecule has 4 rings (SSSR count). The van der Waals surface area contributed by atoms with Crippen LogP contribution in [0.1, 0.15) is 54.1 Å². The van der Waals surface area contributed by atoms with Crippen LogP contribution in [0.3, 0.4) is 0 Å². The molecular weight excluding hydrogens is 318 g/mol. The molecule has 2 aromatic rings. The third-order valence-electron chi connectivity index (χ3n) is 5.36. The first-order chi connectivity index (χ1) is 12.3. The van der Waals surface area contributed by atoms with Crippen LogP contribution < -0.4 is 9.47 Å². The summed E-state index contributed by atoms with van der Waals surface area (Å²) in [7, 11) is 3.19. The van der Waals surface area contributed by atoms with Gasteiger partial charge in [0.15, 0.2) is 0 Å². The Hall–Kier alpha value is -2.15. The van der Waals surface area contributed by atoms with Crippen LogP contribution in [0.25, 0.3) is 0 Å². The number of methoxy groups -OCH3 is 2. The number of nitrogens with one attached hydrogen (secondary N) is 1. The molecule has 3 heterocycles. The third kappa shape index (κ3) is 3.20. The second kappa shape index (κ2) is 7.00. The first kappa shape index (κ1) is 16.3. The van der Waals surface area contributed by atoms with Crippen molar-refractivity contribution >= 4 is 0 Å². The van der Waals surface area contributed by atoms with E-state index in [2.05, 4.69) is 25.1 Å². The van der Waals surface area contributed by atoms with E-state index in [0.717, 1.165) is 31.6 Å². The van der Waals surface area contributed by atoms with Crippen LogP contribution in [0, 0.1) is 0 Å². The minimum absolute atomic E-state index is 0.333. The van der Waals surface area contributed by atoms with Crippen molar-refractivity contribution < 1.29 is 9.47 Å². The van der Waals surface area contributed by atoms with Gasteiger partial charge in [0.25, 0.3) is 0 Å². The lowest BCUT2D eigenvalue weighted by Crippen LogP contribution is -2.30. The molecule has 1 fully saturated rings. The maximum atomic E-state index is 5.41. The molecule has 1 aliphatic heterocycles. The van der Waals surface area contributed by atoms with Gasteiger partial charge in [-0.15, -0.1) is 0 Å². The average Bonchev–Trinajstić information content (AvgIpc) is 3.31. The van der Waals surface area contributed by atoms with Crippen molar-refractivity contribution in [1.29, 1.82) is 0 Å². The van der Waals surface area contributed by atoms with Crippen molar-refractivity contribution in [1.82, 2.24) is 25.1 Å². The van der Waals surface area contributed by atoms with Gasteiger partial charge in [0, 0.05) is 55.0 Å². The molecule has 25 heavy (non-hydrogen) atoms. The minimum atomic E-state index is 0.333. The van der Waals surface area contributed by atoms with Crippen LogP contribution in [0.15, 0.2) is 6.20 Å². The molecule has 7 nitrogen and oxygen atoms in total. The summed E-state index contributed by atoms with van der Waals surface area (Å²) in [6.07, 6.45) is 8.02. The summed E-state index contributed by atoms with van der Waals surface area (Å²) >= 11 is 0. The zero-order valence-electron chi connectivity index (χ0n) is 14.9. The number of hydrogen-bond acceptors (Lipinski definition) is 6. The molecule has 0 aromatic carbocycles. The summed E-state index contributed by atoms with van der Waals surface area (Å²) in [5.74, 6) is 1.22. The van der Waals surface area contributed by atoms with Crippen molar-refractivity contribution in [2.24, 2.45) is 0 Å². The molecule has 1 N–H and O–H groups in total. The van der Waals surface area contributed by atoms with Gasteiger partial charge in [-0.2, -0.15) is 10.1 Å². The van der Waals surface area contributed by atoms with Crippen LogP contribution >= 0.6 is 0 Å². The highest BCUT2D eigenvalue weighted by molar-refractivity contribution is 5.31. The van der Waals surface area contributed by atoms with E-state index in [4.69, 9.17) is 9.47 Å². The minimum Gasteiger partial charge on any atom is -0.481 e. The normalized spacial score (nSPS) is 18.3. The zero-order valence-corrected chi connectivity index (χ0v) is 14.9. The number of ether oxygens (including phenoxy) is 2. The monoisotopic (exact) mass is 343 g/mol. The molecule has 7 heteroatoms. The fourth-order valence-electron chi connectivity index (χ4n) is 4.05. The van der Waals surface area contributed by atoms with Crippen molar-refractivity contribution in [2.45, 2.75) is 51.1 Å². The Kier molecular flexibility index (Phi) is 4.57. The fraction of sp³-hybridized carbons (Fsp3) is 0.611. The van der Waals surface area contributed by atoms with Crippen LogP contribution in [0.5, 0.6) is 11.9 Å². The molecule has 0 saturated heterocycles. The van der Waals surface area contributed by atoms with Gasteiger partial charge in [0.05, 0.1) is 19.9 Å². The number of fused-ring (bicyclic) bond motifs is 1. The van der Waals surface area contributed by atoms with Gasteiger partial charge in [0.2, 0.25) is 5.88 Å². The standard InChI is InChI=1S/C18H25N5O2/c1-24-17-13(9-19-18(20-17)25-2)10-23-8-7-15-14(11-23)16(22-21-15)12-5-3-4-6-12/h9,12H,3-8,10-11H2,1-2H3,(H,21,22). The van der Waals surface area contributed by atoms with E-state index in [-0.39, 0.29) is 0 Å². The Labute approximate surface area is 147 Å². The van der Waals surface area contributed by atoms with E-state index in [1.165, 1.54) is 42.6 Å². The predicted molar refractivity (Wildman–Crippen MR) is 92.8 cm³/mol. The van der Waals surface area contributed by atoms with Crippen LogP contribution in [-0.4, -0.2) is 45.8 Å². The summed E-state index contributed by atoms with van der Waals surface area (Å²) in [6.45, 7) is 2.68. The van der Waals surface area contributed by atoms with Gasteiger partial charge in [-0.3, -0.25) is 10.00 Å². The molecule has 0 amide bonds. The number of aromatic amines is 1. The third-order valence-corrected chi connectivity index (χ3v) is 5.36. The average molecular weight is 343 g/mol. The van der Waals surface area contributed by atoms with E-state index < -0.39 is 0 Å². The van der Waals surface area contributed by atoms with E-state index in [1.54, 1.807) is 20.4 Å². The number of hydrogen-bond donors (Lipinski definition) is 1. The predicted octanol–water partition coefficient (Wildman–Crippen LogP) is 2.43. The lowest BCUT2D eigenvalue weighted by molar-refractivity contribution is 0.237. The lowest BCUT2D eigenvalue weighted by atomic mass is 9.96. The van der Waals surface area contributed by atoms with E-state index in [0.29, 0.717) is 17.8 Å². The van der Waals surface area contributed by atoms with Crippen LogP contribution in [0.2, 0.25) is 0 Å². The highest BCUT2D eigenvalue weighted by Crippen LogP contribution is 2.37. The Bertz CT molecular complexity index is 739. The van der Waals surface area contributed by atoms with Gasteiger partial charge < -0.3 is 9.47 Å². The Morgan fingerprint density at radius 3 is 2.84 bits per heavy atom. The Morgan fingerprint density at radius 1 is 1.24 bits per heavy atom. The molecule has 0 spiro atoms. The second-order valence-electron chi connectivity index (χ2n) is 6.90. The second-order valence-corrected chi connectivity index (χ2v) is 6.90. The largest absolute Gasteiger partial charge is 0.481 e. The summed E-state index contributed by atoms with van der Waals surface area (Å²) in [4.78, 5) is 10.9. The highest BCUT2D eigenvalue weighted by atomic mass is 16.5. The number of rotatable bonds is 5. The lowest BCUT2D eigenvalue weighted by Gasteiger charge is -2.27. The fourth-order valence-corrected chi connectivity index (χ4v) is 4.05. The molecule has 1 aliphatic carbocycles. The molecule has 2 aromatic heterocycles. The molecule has 0 unspecified atom stereocenters. The van der Waals surface area contributed by atoms with E-state index in [1.807, 2.05) is 0 Å². The van der Waals surface area contributed by atoms with Crippen molar-refractivity contribution in [3.05, 3.63) is 28.7 Å².